The highest BCUT2D eigenvalue weighted by Gasteiger charge is 2.16. The fourth-order valence-electron chi connectivity index (χ4n) is 1.74. The molecule has 0 heterocycles. The van der Waals surface area contributed by atoms with Crippen LogP contribution >= 0.6 is 0 Å². The molecule has 0 aliphatic heterocycles. The highest BCUT2D eigenvalue weighted by Crippen LogP contribution is 2.23. The highest BCUT2D eigenvalue weighted by atomic mass is 16.6. The van der Waals surface area contributed by atoms with Crippen LogP contribution in [0.15, 0.2) is 48.5 Å². The molecule has 0 fully saturated rings. The van der Waals surface area contributed by atoms with Gasteiger partial charge in [-0.25, -0.2) is 0 Å². The fraction of sp³-hybridized carbons (Fsp3) is 0. The zero-order valence-corrected chi connectivity index (χ0v) is 10.8. The molecule has 2 aromatic carbocycles. The molecule has 0 aliphatic carbocycles. The van der Waals surface area contributed by atoms with Gasteiger partial charge in [0.2, 0.25) is 6.41 Å². The van der Waals surface area contributed by atoms with Gasteiger partial charge < -0.3 is 10.6 Å². The van der Waals surface area contributed by atoms with E-state index in [1.54, 1.807) is 30.3 Å². The molecule has 21 heavy (non-hydrogen) atoms. The predicted molar refractivity (Wildman–Crippen MR) is 77.2 cm³/mol. The number of amides is 2. The lowest BCUT2D eigenvalue weighted by Gasteiger charge is -2.09. The topological polar surface area (TPSA) is 101 Å². The fourth-order valence-corrected chi connectivity index (χ4v) is 1.74. The number of nitrogens with zero attached hydrogens (tertiary/aromatic N) is 1. The van der Waals surface area contributed by atoms with E-state index in [9.17, 15) is 19.7 Å². The molecule has 0 aliphatic rings. The first-order valence-corrected chi connectivity index (χ1v) is 5.97. The van der Waals surface area contributed by atoms with E-state index in [0.29, 0.717) is 12.1 Å². The molecule has 0 unspecified atom stereocenters. The van der Waals surface area contributed by atoms with E-state index in [4.69, 9.17) is 0 Å². The summed E-state index contributed by atoms with van der Waals surface area (Å²) in [6.45, 7) is 0. The number of carbonyl (C=O) groups is 2. The average molecular weight is 285 g/mol. The van der Waals surface area contributed by atoms with Crippen LogP contribution in [0.2, 0.25) is 0 Å². The van der Waals surface area contributed by atoms with Crippen LogP contribution in [0.1, 0.15) is 10.4 Å². The molecular weight excluding hydrogens is 274 g/mol. The van der Waals surface area contributed by atoms with E-state index in [1.807, 2.05) is 0 Å². The van der Waals surface area contributed by atoms with Crippen LogP contribution in [-0.2, 0) is 4.79 Å². The predicted octanol–water partition coefficient (Wildman–Crippen LogP) is 2.42. The van der Waals surface area contributed by atoms with E-state index in [-0.39, 0.29) is 16.9 Å². The van der Waals surface area contributed by atoms with Crippen LogP contribution in [0, 0.1) is 10.1 Å². The van der Waals surface area contributed by atoms with Crippen molar-refractivity contribution in [3.8, 4) is 0 Å². The third-order valence-electron chi connectivity index (χ3n) is 2.70. The Morgan fingerprint density at radius 2 is 1.86 bits per heavy atom. The molecular formula is C14H11N3O4. The van der Waals surface area contributed by atoms with Crippen molar-refractivity contribution in [3.63, 3.8) is 0 Å². The summed E-state index contributed by atoms with van der Waals surface area (Å²) in [7, 11) is 0. The maximum Gasteiger partial charge on any atom is 0.270 e. The van der Waals surface area contributed by atoms with Crippen LogP contribution < -0.4 is 10.6 Å². The first-order chi connectivity index (χ1) is 10.1. The number of anilines is 2. The van der Waals surface area contributed by atoms with E-state index >= 15 is 0 Å². The molecule has 2 N–H and O–H groups in total. The Balaban J connectivity index is 2.35. The van der Waals surface area contributed by atoms with Crippen molar-refractivity contribution in [1.82, 2.24) is 0 Å². The SMILES string of the molecule is O=CNc1ccc([N+](=O)[O-])cc1C(=O)Nc1ccccc1. The molecule has 7 nitrogen and oxygen atoms in total. The monoisotopic (exact) mass is 285 g/mol. The van der Waals surface area contributed by atoms with Gasteiger partial charge in [0, 0.05) is 17.8 Å². The van der Waals surface area contributed by atoms with Gasteiger partial charge in [0.15, 0.2) is 0 Å². The molecule has 106 valence electrons. The van der Waals surface area contributed by atoms with Crippen molar-refractivity contribution in [2.45, 2.75) is 0 Å². The number of carbonyl (C=O) groups excluding carboxylic acids is 2. The van der Waals surface area contributed by atoms with Gasteiger partial charge in [-0.1, -0.05) is 18.2 Å². The van der Waals surface area contributed by atoms with Gasteiger partial charge in [-0.2, -0.15) is 0 Å². The Bertz CT molecular complexity index is 686. The Kier molecular flexibility index (Phi) is 4.25. The van der Waals surface area contributed by atoms with Gasteiger partial charge in [0.05, 0.1) is 16.2 Å². The number of benzene rings is 2. The number of nitro groups is 1. The van der Waals surface area contributed by atoms with Crippen molar-refractivity contribution in [2.24, 2.45) is 0 Å². The van der Waals surface area contributed by atoms with Crippen LogP contribution in [-0.4, -0.2) is 17.2 Å². The van der Waals surface area contributed by atoms with Crippen LogP contribution in [0.5, 0.6) is 0 Å². The second kappa shape index (κ2) is 6.29. The molecule has 2 amide bonds. The van der Waals surface area contributed by atoms with Gasteiger partial charge >= 0.3 is 0 Å². The van der Waals surface area contributed by atoms with E-state index < -0.39 is 10.8 Å². The van der Waals surface area contributed by atoms with Crippen molar-refractivity contribution in [3.05, 3.63) is 64.2 Å². The van der Waals surface area contributed by atoms with E-state index in [0.717, 1.165) is 6.07 Å². The Hall–Kier alpha value is -3.22. The smallest absolute Gasteiger partial charge is 0.270 e. The maximum absolute atomic E-state index is 12.2. The number of nitrogens with one attached hydrogen (secondary N) is 2. The summed E-state index contributed by atoms with van der Waals surface area (Å²) in [6.07, 6.45) is 0.403. The van der Waals surface area contributed by atoms with E-state index in [2.05, 4.69) is 10.6 Å². The second-order valence-corrected chi connectivity index (χ2v) is 4.07. The summed E-state index contributed by atoms with van der Waals surface area (Å²) in [5, 5.41) is 15.7. The quantitative estimate of drug-likeness (QED) is 0.500. The van der Waals surface area contributed by atoms with Crippen LogP contribution in [0.3, 0.4) is 0 Å². The number of para-hydroxylation sites is 1. The lowest BCUT2D eigenvalue weighted by Crippen LogP contribution is -2.14. The number of hydrogen-bond donors (Lipinski definition) is 2. The highest BCUT2D eigenvalue weighted by molar-refractivity contribution is 6.09. The lowest BCUT2D eigenvalue weighted by molar-refractivity contribution is -0.384. The van der Waals surface area contributed by atoms with Crippen molar-refractivity contribution in [2.75, 3.05) is 10.6 Å². The average Bonchev–Trinajstić information content (AvgIpc) is 2.48. The minimum Gasteiger partial charge on any atom is -0.328 e. The van der Waals surface area contributed by atoms with Crippen molar-refractivity contribution >= 4 is 29.4 Å². The Morgan fingerprint density at radius 1 is 1.14 bits per heavy atom. The summed E-state index contributed by atoms with van der Waals surface area (Å²) in [5.74, 6) is -0.547. The minimum atomic E-state index is -0.607. The first-order valence-electron chi connectivity index (χ1n) is 5.97. The van der Waals surface area contributed by atoms with Crippen molar-refractivity contribution < 1.29 is 14.5 Å². The minimum absolute atomic E-state index is 0.0140. The van der Waals surface area contributed by atoms with Gasteiger partial charge in [0.25, 0.3) is 11.6 Å². The largest absolute Gasteiger partial charge is 0.328 e. The molecule has 0 atom stereocenters. The number of non-ortho nitro benzene ring substituents is 1. The maximum atomic E-state index is 12.2. The standard InChI is InChI=1S/C14H11N3O4/c18-9-15-13-7-6-11(17(20)21)8-12(13)14(19)16-10-4-2-1-3-5-10/h1-9H,(H,15,18)(H,16,19). The van der Waals surface area contributed by atoms with Gasteiger partial charge in [-0.3, -0.25) is 19.7 Å². The molecule has 0 spiro atoms. The Labute approximate surface area is 119 Å². The zero-order chi connectivity index (χ0) is 15.2. The third kappa shape index (κ3) is 3.41. The molecule has 0 saturated carbocycles. The number of rotatable bonds is 5. The third-order valence-corrected chi connectivity index (χ3v) is 2.70. The molecule has 0 saturated heterocycles. The van der Waals surface area contributed by atoms with Crippen LogP contribution in [0.4, 0.5) is 17.1 Å². The molecule has 7 heteroatoms. The van der Waals surface area contributed by atoms with Gasteiger partial charge in [0.1, 0.15) is 0 Å². The van der Waals surface area contributed by atoms with E-state index in [1.165, 1.54) is 12.1 Å². The molecule has 0 aromatic heterocycles. The van der Waals surface area contributed by atoms with Crippen molar-refractivity contribution in [1.29, 1.82) is 0 Å². The zero-order valence-electron chi connectivity index (χ0n) is 10.8. The number of hydrogen-bond acceptors (Lipinski definition) is 4. The summed E-state index contributed by atoms with van der Waals surface area (Å²) in [4.78, 5) is 32.9. The number of nitro benzene ring substituents is 1. The van der Waals surface area contributed by atoms with Gasteiger partial charge in [-0.15, -0.1) is 0 Å². The second-order valence-electron chi connectivity index (χ2n) is 4.07. The summed E-state index contributed by atoms with van der Waals surface area (Å²) >= 11 is 0. The summed E-state index contributed by atoms with van der Waals surface area (Å²) in [6, 6.07) is 12.3. The molecule has 0 radical (unpaired) electrons. The normalized spacial score (nSPS) is 9.71. The van der Waals surface area contributed by atoms with Gasteiger partial charge in [-0.05, 0) is 18.2 Å². The molecule has 2 rings (SSSR count). The lowest BCUT2D eigenvalue weighted by atomic mass is 10.1. The molecule has 2 aromatic rings. The van der Waals surface area contributed by atoms with Crippen LogP contribution in [0.25, 0.3) is 0 Å². The molecule has 0 bridgehead atoms. The summed E-state index contributed by atoms with van der Waals surface area (Å²) < 4.78 is 0. The summed E-state index contributed by atoms with van der Waals surface area (Å²) in [5.41, 5.74) is 0.528. The Morgan fingerprint density at radius 3 is 2.48 bits per heavy atom. The first kappa shape index (κ1) is 14.2.